The predicted molar refractivity (Wildman–Crippen MR) is 203 cm³/mol. The van der Waals surface area contributed by atoms with Crippen LogP contribution in [0.1, 0.15) is 0 Å². The zero-order valence-electron chi connectivity index (χ0n) is 27.0. The van der Waals surface area contributed by atoms with Crippen LogP contribution in [0.25, 0.3) is 89.6 Å². The van der Waals surface area contributed by atoms with Crippen molar-refractivity contribution in [3.63, 3.8) is 0 Å². The van der Waals surface area contributed by atoms with Crippen molar-refractivity contribution in [2.75, 3.05) is 0 Å². The van der Waals surface area contributed by atoms with Crippen LogP contribution >= 0.6 is 0 Å². The van der Waals surface area contributed by atoms with Crippen molar-refractivity contribution in [1.82, 2.24) is 24.9 Å². The minimum Gasteiger partial charge on any atom is -0.228 e. The lowest BCUT2D eigenvalue weighted by molar-refractivity contribution is 1.07. The van der Waals surface area contributed by atoms with Crippen LogP contribution in [0.2, 0.25) is 0 Å². The molecule has 0 N–H and O–H groups in total. The molecule has 2 aromatic heterocycles. The fraction of sp³-hybridized carbons (Fsp3) is 0. The average molecular weight is 640 g/mol. The van der Waals surface area contributed by atoms with Crippen LogP contribution in [0.4, 0.5) is 0 Å². The van der Waals surface area contributed by atoms with Crippen LogP contribution in [-0.2, 0) is 0 Å². The fourth-order valence-electron chi connectivity index (χ4n) is 6.60. The van der Waals surface area contributed by atoms with E-state index in [1.165, 1.54) is 0 Å². The van der Waals surface area contributed by atoms with Gasteiger partial charge in [0.25, 0.3) is 0 Å². The smallest absolute Gasteiger partial charge is 0.165 e. The minimum absolute atomic E-state index is 0.560. The van der Waals surface area contributed by atoms with Gasteiger partial charge in [0.15, 0.2) is 23.3 Å². The molecular weight excluding hydrogens is 611 g/mol. The maximum absolute atomic E-state index is 5.32. The van der Waals surface area contributed by atoms with Gasteiger partial charge in [-0.25, -0.2) is 24.9 Å². The van der Waals surface area contributed by atoms with E-state index < -0.39 is 0 Å². The largest absolute Gasteiger partial charge is 0.228 e. The highest BCUT2D eigenvalue weighted by atomic mass is 15.0. The number of benzene rings is 7. The highest BCUT2D eigenvalue weighted by molar-refractivity contribution is 6.20. The van der Waals surface area contributed by atoms with Gasteiger partial charge in [0.05, 0.1) is 11.4 Å². The van der Waals surface area contributed by atoms with E-state index in [2.05, 4.69) is 78.9 Å². The van der Waals surface area contributed by atoms with Gasteiger partial charge in [-0.05, 0) is 27.6 Å². The number of rotatable bonds is 6. The monoisotopic (exact) mass is 639 g/mol. The number of fused-ring (bicyclic) bond motifs is 3. The molecule has 7 aromatic carbocycles. The Labute approximate surface area is 289 Å². The van der Waals surface area contributed by atoms with E-state index in [0.717, 1.165) is 66.3 Å². The summed E-state index contributed by atoms with van der Waals surface area (Å²) in [5, 5.41) is 4.25. The molecule has 234 valence electrons. The fourth-order valence-corrected chi connectivity index (χ4v) is 6.60. The number of nitrogens with zero attached hydrogens (tertiary/aromatic N) is 5. The Hall–Kier alpha value is -6.85. The third-order valence-electron chi connectivity index (χ3n) is 8.94. The highest BCUT2D eigenvalue weighted by Gasteiger charge is 2.24. The molecule has 0 unspecified atom stereocenters. The van der Waals surface area contributed by atoms with Gasteiger partial charge >= 0.3 is 0 Å². The van der Waals surface area contributed by atoms with Gasteiger partial charge in [-0.1, -0.05) is 170 Å². The van der Waals surface area contributed by atoms with Crippen molar-refractivity contribution >= 4 is 21.5 Å². The number of aromatic nitrogens is 5. The molecule has 0 spiro atoms. The summed E-state index contributed by atoms with van der Waals surface area (Å²) in [7, 11) is 0. The molecule has 5 nitrogen and oxygen atoms in total. The van der Waals surface area contributed by atoms with Crippen molar-refractivity contribution in [1.29, 1.82) is 0 Å². The lowest BCUT2D eigenvalue weighted by Crippen LogP contribution is -2.04. The van der Waals surface area contributed by atoms with Gasteiger partial charge < -0.3 is 0 Å². The summed E-state index contributed by atoms with van der Waals surface area (Å²) >= 11 is 0. The molecule has 0 radical (unpaired) electrons. The topological polar surface area (TPSA) is 64.5 Å². The van der Waals surface area contributed by atoms with Crippen molar-refractivity contribution in [2.24, 2.45) is 0 Å². The normalized spacial score (nSPS) is 11.2. The van der Waals surface area contributed by atoms with Crippen LogP contribution in [0.15, 0.2) is 176 Å². The van der Waals surface area contributed by atoms with E-state index in [4.69, 9.17) is 24.9 Å². The van der Waals surface area contributed by atoms with Crippen molar-refractivity contribution in [3.8, 4) is 68.1 Å². The summed E-state index contributed by atoms with van der Waals surface area (Å²) in [6.07, 6.45) is 0. The lowest BCUT2D eigenvalue weighted by atomic mass is 9.90. The highest BCUT2D eigenvalue weighted by Crippen LogP contribution is 2.44. The Balaban J connectivity index is 1.42. The standard InChI is InChI=1S/C45H29N5/c1-5-17-30(18-6-1)38-29-39(31-19-7-2-8-20-31)47-44(46-38)40-36-27-15-13-25-34(36)35-26-14-16-28-37(35)41(40)45-49-42(32-21-9-3-10-22-32)48-43(50-45)33-23-11-4-12-24-33/h1-29H. The Bertz CT molecular complexity index is 2320. The maximum atomic E-state index is 5.32. The van der Waals surface area contributed by atoms with Crippen LogP contribution in [0.3, 0.4) is 0 Å². The summed E-state index contributed by atoms with van der Waals surface area (Å²) in [4.78, 5) is 26.1. The van der Waals surface area contributed by atoms with E-state index in [-0.39, 0.29) is 0 Å². The van der Waals surface area contributed by atoms with Crippen LogP contribution in [0.5, 0.6) is 0 Å². The van der Waals surface area contributed by atoms with Crippen LogP contribution in [-0.4, -0.2) is 24.9 Å². The van der Waals surface area contributed by atoms with Crippen molar-refractivity contribution in [3.05, 3.63) is 176 Å². The summed E-state index contributed by atoms with van der Waals surface area (Å²) in [6, 6.07) is 59.7. The average Bonchev–Trinajstić information content (AvgIpc) is 3.21. The second kappa shape index (κ2) is 12.6. The summed E-state index contributed by atoms with van der Waals surface area (Å²) in [5.74, 6) is 2.36. The molecule has 0 saturated carbocycles. The van der Waals surface area contributed by atoms with Gasteiger partial charge in [0.1, 0.15) is 0 Å². The molecule has 0 fully saturated rings. The molecule has 5 heteroatoms. The Morgan fingerprint density at radius 3 is 0.940 bits per heavy atom. The number of hydrogen-bond donors (Lipinski definition) is 0. The molecule has 0 saturated heterocycles. The zero-order chi connectivity index (χ0) is 33.3. The molecule has 0 atom stereocenters. The molecular formula is C45H29N5. The Morgan fingerprint density at radius 1 is 0.240 bits per heavy atom. The SMILES string of the molecule is c1ccc(-c2cc(-c3ccccc3)nc(-c3c(-c4nc(-c5ccccc5)nc(-c5ccccc5)n4)c4ccccc4c4ccccc34)n2)cc1. The first-order chi connectivity index (χ1) is 24.8. The second-order valence-electron chi connectivity index (χ2n) is 12.1. The second-order valence-corrected chi connectivity index (χ2v) is 12.1. The maximum Gasteiger partial charge on any atom is 0.165 e. The van der Waals surface area contributed by atoms with E-state index in [1.54, 1.807) is 0 Å². The first-order valence-electron chi connectivity index (χ1n) is 16.6. The summed E-state index contributed by atoms with van der Waals surface area (Å²) < 4.78 is 0. The van der Waals surface area contributed by atoms with Gasteiger partial charge in [0, 0.05) is 33.4 Å². The summed E-state index contributed by atoms with van der Waals surface area (Å²) in [5.41, 5.74) is 7.25. The molecule has 9 aromatic rings. The molecule has 0 aliphatic rings. The molecule has 0 amide bonds. The molecule has 0 aliphatic heterocycles. The summed E-state index contributed by atoms with van der Waals surface area (Å²) in [6.45, 7) is 0. The Kier molecular flexibility index (Phi) is 7.41. The Morgan fingerprint density at radius 2 is 0.540 bits per heavy atom. The quantitative estimate of drug-likeness (QED) is 0.169. The van der Waals surface area contributed by atoms with E-state index in [9.17, 15) is 0 Å². The van der Waals surface area contributed by atoms with E-state index >= 15 is 0 Å². The minimum atomic E-state index is 0.560. The van der Waals surface area contributed by atoms with Crippen LogP contribution < -0.4 is 0 Å². The molecule has 2 heterocycles. The third-order valence-corrected chi connectivity index (χ3v) is 8.94. The number of hydrogen-bond acceptors (Lipinski definition) is 5. The predicted octanol–water partition coefficient (Wildman–Crippen LogP) is 11.0. The third kappa shape index (κ3) is 5.37. The molecule has 9 rings (SSSR count). The van der Waals surface area contributed by atoms with Gasteiger partial charge in [0.2, 0.25) is 0 Å². The van der Waals surface area contributed by atoms with Gasteiger partial charge in [-0.15, -0.1) is 0 Å². The van der Waals surface area contributed by atoms with E-state index in [0.29, 0.717) is 23.3 Å². The first kappa shape index (κ1) is 29.3. The van der Waals surface area contributed by atoms with Crippen molar-refractivity contribution < 1.29 is 0 Å². The first-order valence-corrected chi connectivity index (χ1v) is 16.6. The van der Waals surface area contributed by atoms with Crippen LogP contribution in [0, 0.1) is 0 Å². The molecule has 50 heavy (non-hydrogen) atoms. The van der Waals surface area contributed by atoms with E-state index in [1.807, 2.05) is 97.1 Å². The van der Waals surface area contributed by atoms with Crippen molar-refractivity contribution in [2.45, 2.75) is 0 Å². The lowest BCUT2D eigenvalue weighted by Gasteiger charge is -2.18. The van der Waals surface area contributed by atoms with Gasteiger partial charge in [-0.3, -0.25) is 0 Å². The molecule has 0 bridgehead atoms. The van der Waals surface area contributed by atoms with Gasteiger partial charge in [-0.2, -0.15) is 0 Å². The molecule has 0 aliphatic carbocycles. The zero-order valence-corrected chi connectivity index (χ0v) is 27.0.